The summed E-state index contributed by atoms with van der Waals surface area (Å²) in [5.74, 6) is 5.53. The SMILES string of the molecule is CC1C(C)C2C3CC1C32C. The molecule has 0 N–H and O–H groups in total. The lowest BCUT2D eigenvalue weighted by Crippen LogP contribution is -2.31. The highest BCUT2D eigenvalue weighted by Gasteiger charge is 2.79. The Bertz CT molecular complexity index is 184. The first-order chi connectivity index (χ1) is 4.67. The van der Waals surface area contributed by atoms with E-state index in [0.717, 1.165) is 29.1 Å². The highest BCUT2D eigenvalue weighted by molar-refractivity contribution is 5.27. The molecule has 0 nitrogen and oxygen atoms in total. The summed E-state index contributed by atoms with van der Waals surface area (Å²) in [6, 6.07) is 0. The normalized spacial score (nSPS) is 76.5. The molecule has 0 radical (unpaired) electrons. The summed E-state index contributed by atoms with van der Waals surface area (Å²) in [5.41, 5.74) is 0.860. The van der Waals surface area contributed by atoms with Crippen molar-refractivity contribution in [1.82, 2.24) is 0 Å². The second-order valence-electron chi connectivity index (χ2n) is 5.06. The lowest BCUT2D eigenvalue weighted by Gasteiger charge is -2.38. The summed E-state index contributed by atoms with van der Waals surface area (Å²) in [7, 11) is 0. The molecule has 0 heteroatoms. The Labute approximate surface area is 63.0 Å². The monoisotopic (exact) mass is 136 g/mol. The average Bonchev–Trinajstić information content (AvgIpc) is 2.29. The van der Waals surface area contributed by atoms with E-state index in [1.807, 2.05) is 0 Å². The van der Waals surface area contributed by atoms with Crippen LogP contribution in [-0.2, 0) is 0 Å². The molecule has 0 saturated heterocycles. The molecule has 0 aromatic carbocycles. The van der Waals surface area contributed by atoms with Gasteiger partial charge in [0.1, 0.15) is 0 Å². The van der Waals surface area contributed by atoms with Crippen LogP contribution in [-0.4, -0.2) is 0 Å². The first kappa shape index (κ1) is 5.62. The molecular weight excluding hydrogens is 120 g/mol. The van der Waals surface area contributed by atoms with Crippen LogP contribution in [0.3, 0.4) is 0 Å². The van der Waals surface area contributed by atoms with E-state index in [0.29, 0.717) is 0 Å². The molecule has 10 heavy (non-hydrogen) atoms. The van der Waals surface area contributed by atoms with Gasteiger partial charge >= 0.3 is 0 Å². The lowest BCUT2D eigenvalue weighted by atomic mass is 9.67. The van der Waals surface area contributed by atoms with Gasteiger partial charge in [-0.3, -0.25) is 0 Å². The van der Waals surface area contributed by atoms with Crippen molar-refractivity contribution in [2.75, 3.05) is 0 Å². The highest BCUT2D eigenvalue weighted by Crippen LogP contribution is 2.84. The Morgan fingerprint density at radius 1 is 1.10 bits per heavy atom. The van der Waals surface area contributed by atoms with Crippen LogP contribution < -0.4 is 0 Å². The van der Waals surface area contributed by atoms with Gasteiger partial charge in [0, 0.05) is 0 Å². The summed E-state index contributed by atoms with van der Waals surface area (Å²) in [5, 5.41) is 0. The molecule has 0 amide bonds. The van der Waals surface area contributed by atoms with Crippen molar-refractivity contribution in [2.24, 2.45) is 35.0 Å². The average molecular weight is 136 g/mol. The van der Waals surface area contributed by atoms with Crippen molar-refractivity contribution in [2.45, 2.75) is 27.2 Å². The Balaban J connectivity index is 2.02. The van der Waals surface area contributed by atoms with E-state index < -0.39 is 0 Å². The number of fused-ring (bicyclic) bond motifs is 1. The lowest BCUT2D eigenvalue weighted by molar-refractivity contribution is 0.105. The van der Waals surface area contributed by atoms with Crippen molar-refractivity contribution < 1.29 is 0 Å². The second kappa shape index (κ2) is 1.19. The first-order valence-electron chi connectivity index (χ1n) is 4.67. The molecule has 3 rings (SSSR count). The van der Waals surface area contributed by atoms with Crippen molar-refractivity contribution in [3.05, 3.63) is 0 Å². The van der Waals surface area contributed by atoms with Gasteiger partial charge in [-0.2, -0.15) is 0 Å². The largest absolute Gasteiger partial charge is 0.0620 e. The molecular formula is C10H16. The van der Waals surface area contributed by atoms with E-state index >= 15 is 0 Å². The van der Waals surface area contributed by atoms with E-state index in [4.69, 9.17) is 0 Å². The van der Waals surface area contributed by atoms with Gasteiger partial charge in [-0.05, 0) is 41.4 Å². The minimum absolute atomic E-state index is 0.860. The van der Waals surface area contributed by atoms with Crippen molar-refractivity contribution in [1.29, 1.82) is 0 Å². The van der Waals surface area contributed by atoms with Gasteiger partial charge in [0.2, 0.25) is 0 Å². The summed E-state index contributed by atoms with van der Waals surface area (Å²) in [6.45, 7) is 7.45. The van der Waals surface area contributed by atoms with E-state index in [9.17, 15) is 0 Å². The Kier molecular flexibility index (Phi) is 0.669. The molecule has 3 aliphatic rings. The van der Waals surface area contributed by atoms with Gasteiger partial charge in [-0.15, -0.1) is 0 Å². The van der Waals surface area contributed by atoms with Crippen LogP contribution in [0.1, 0.15) is 27.2 Å². The van der Waals surface area contributed by atoms with Gasteiger partial charge in [0.25, 0.3) is 0 Å². The van der Waals surface area contributed by atoms with Gasteiger partial charge in [-0.25, -0.2) is 0 Å². The van der Waals surface area contributed by atoms with E-state index in [1.165, 1.54) is 5.92 Å². The zero-order chi connectivity index (χ0) is 7.09. The van der Waals surface area contributed by atoms with Crippen LogP contribution in [0.4, 0.5) is 0 Å². The van der Waals surface area contributed by atoms with Crippen LogP contribution in [0.5, 0.6) is 0 Å². The smallest absolute Gasteiger partial charge is 0.0230 e. The van der Waals surface area contributed by atoms with Gasteiger partial charge < -0.3 is 0 Å². The Morgan fingerprint density at radius 3 is 2.10 bits per heavy atom. The first-order valence-corrected chi connectivity index (χ1v) is 4.67. The summed E-state index contributed by atoms with van der Waals surface area (Å²) < 4.78 is 0. The topological polar surface area (TPSA) is 0 Å². The molecule has 56 valence electrons. The molecule has 0 aromatic rings. The molecule has 0 heterocycles. The third-order valence-electron chi connectivity index (χ3n) is 5.18. The zero-order valence-electron chi connectivity index (χ0n) is 7.09. The molecule has 6 atom stereocenters. The highest BCUT2D eigenvalue weighted by atomic mass is 14.8. The standard InChI is InChI=1S/C10H16/c1-5-6(2)9-8-4-7(5)10(8,9)3/h5-9H,4H2,1-3H3. The van der Waals surface area contributed by atoms with Crippen LogP contribution in [0.2, 0.25) is 0 Å². The molecule has 0 spiro atoms. The van der Waals surface area contributed by atoms with E-state index in [1.54, 1.807) is 6.42 Å². The zero-order valence-corrected chi connectivity index (χ0v) is 7.09. The van der Waals surface area contributed by atoms with Crippen LogP contribution >= 0.6 is 0 Å². The van der Waals surface area contributed by atoms with E-state index in [2.05, 4.69) is 20.8 Å². The molecule has 0 bridgehead atoms. The summed E-state index contributed by atoms with van der Waals surface area (Å²) in [4.78, 5) is 0. The quantitative estimate of drug-likeness (QED) is 0.480. The third kappa shape index (κ3) is 0.302. The van der Waals surface area contributed by atoms with Gasteiger partial charge in [0.15, 0.2) is 0 Å². The van der Waals surface area contributed by atoms with Crippen LogP contribution in [0.25, 0.3) is 0 Å². The molecule has 3 aliphatic carbocycles. The molecule has 3 fully saturated rings. The molecule has 0 aliphatic heterocycles. The summed E-state index contributed by atoms with van der Waals surface area (Å²) >= 11 is 0. The van der Waals surface area contributed by atoms with Gasteiger partial charge in [-0.1, -0.05) is 20.8 Å². The Morgan fingerprint density at radius 2 is 1.80 bits per heavy atom. The fraction of sp³-hybridized carbons (Fsp3) is 1.00. The van der Waals surface area contributed by atoms with Gasteiger partial charge in [0.05, 0.1) is 0 Å². The van der Waals surface area contributed by atoms with Crippen molar-refractivity contribution in [3.63, 3.8) is 0 Å². The maximum atomic E-state index is 2.52. The second-order valence-corrected chi connectivity index (χ2v) is 5.06. The minimum atomic E-state index is 0.860. The number of hydrogen-bond donors (Lipinski definition) is 0. The minimum Gasteiger partial charge on any atom is -0.0620 e. The molecule has 6 unspecified atom stereocenters. The summed E-state index contributed by atoms with van der Waals surface area (Å²) in [6.07, 6.45) is 1.58. The number of rotatable bonds is 0. The van der Waals surface area contributed by atoms with Crippen molar-refractivity contribution >= 4 is 0 Å². The molecule has 3 saturated carbocycles. The third-order valence-corrected chi connectivity index (χ3v) is 5.18. The van der Waals surface area contributed by atoms with E-state index in [-0.39, 0.29) is 0 Å². The molecule has 0 aromatic heterocycles. The Hall–Kier alpha value is 0. The predicted molar refractivity (Wildman–Crippen MR) is 41.5 cm³/mol. The van der Waals surface area contributed by atoms with Crippen LogP contribution in [0.15, 0.2) is 0 Å². The fourth-order valence-corrected chi connectivity index (χ4v) is 4.36. The predicted octanol–water partition coefficient (Wildman–Crippen LogP) is 2.54. The number of hydrogen-bond acceptors (Lipinski definition) is 0. The van der Waals surface area contributed by atoms with Crippen LogP contribution in [0, 0.1) is 35.0 Å². The maximum absolute atomic E-state index is 2.52. The maximum Gasteiger partial charge on any atom is -0.0230 e. The fourth-order valence-electron chi connectivity index (χ4n) is 4.36. The van der Waals surface area contributed by atoms with Crippen molar-refractivity contribution in [3.8, 4) is 0 Å².